The SMILES string of the molecule is O=C(O)c1sc([C@@H]2CCCN2C(=O)Cc2ccc(Cl)cc2)nc1CCCc1ccccc1. The molecule has 1 amide bonds. The Balaban J connectivity index is 1.46. The van der Waals surface area contributed by atoms with Crippen molar-refractivity contribution >= 4 is 34.8 Å². The van der Waals surface area contributed by atoms with Crippen LogP contribution >= 0.6 is 22.9 Å². The van der Waals surface area contributed by atoms with Gasteiger partial charge in [0.25, 0.3) is 0 Å². The Labute approximate surface area is 196 Å². The Morgan fingerprint density at radius 3 is 2.53 bits per heavy atom. The number of nitrogens with zero attached hydrogens (tertiary/aromatic N) is 2. The quantitative estimate of drug-likeness (QED) is 0.468. The number of aromatic carboxylic acids is 1. The summed E-state index contributed by atoms with van der Waals surface area (Å²) in [7, 11) is 0. The molecule has 3 aromatic rings. The summed E-state index contributed by atoms with van der Waals surface area (Å²) in [5, 5.41) is 11.1. The average Bonchev–Trinajstić information content (AvgIpc) is 3.43. The van der Waals surface area contributed by atoms with E-state index >= 15 is 0 Å². The Bertz CT molecular complexity index is 1080. The van der Waals surface area contributed by atoms with Crippen molar-refractivity contribution in [1.29, 1.82) is 0 Å². The van der Waals surface area contributed by atoms with Gasteiger partial charge in [0.2, 0.25) is 5.91 Å². The Hall–Kier alpha value is -2.70. The largest absolute Gasteiger partial charge is 0.477 e. The van der Waals surface area contributed by atoms with Gasteiger partial charge in [0, 0.05) is 11.6 Å². The highest BCUT2D eigenvalue weighted by molar-refractivity contribution is 7.13. The Morgan fingerprint density at radius 2 is 1.81 bits per heavy atom. The zero-order chi connectivity index (χ0) is 22.5. The summed E-state index contributed by atoms with van der Waals surface area (Å²) < 4.78 is 0. The van der Waals surface area contributed by atoms with Gasteiger partial charge < -0.3 is 10.0 Å². The van der Waals surface area contributed by atoms with Crippen molar-refractivity contribution in [3.8, 4) is 0 Å². The van der Waals surface area contributed by atoms with Crippen LogP contribution in [-0.2, 0) is 24.1 Å². The number of benzene rings is 2. The van der Waals surface area contributed by atoms with E-state index in [1.165, 1.54) is 16.9 Å². The van der Waals surface area contributed by atoms with Gasteiger partial charge in [0.05, 0.1) is 18.2 Å². The van der Waals surface area contributed by atoms with Crippen LogP contribution in [-0.4, -0.2) is 33.4 Å². The van der Waals surface area contributed by atoms with Gasteiger partial charge in [-0.05, 0) is 55.4 Å². The highest BCUT2D eigenvalue weighted by Gasteiger charge is 2.33. The highest BCUT2D eigenvalue weighted by Crippen LogP contribution is 2.36. The van der Waals surface area contributed by atoms with Crippen LogP contribution in [0.4, 0.5) is 0 Å². The van der Waals surface area contributed by atoms with Crippen molar-refractivity contribution in [3.05, 3.63) is 86.3 Å². The normalized spacial score (nSPS) is 15.8. The minimum Gasteiger partial charge on any atom is -0.477 e. The summed E-state index contributed by atoms with van der Waals surface area (Å²) in [6, 6.07) is 17.3. The van der Waals surface area contributed by atoms with Crippen LogP contribution in [0.15, 0.2) is 54.6 Å². The minimum atomic E-state index is -0.944. The van der Waals surface area contributed by atoms with Crippen LogP contribution in [0.5, 0.6) is 0 Å². The monoisotopic (exact) mass is 468 g/mol. The van der Waals surface area contributed by atoms with Crippen molar-refractivity contribution in [2.75, 3.05) is 6.54 Å². The fraction of sp³-hybridized carbons (Fsp3) is 0.320. The number of carboxylic acid groups (broad SMARTS) is 1. The standard InChI is InChI=1S/C25H25ClN2O3S/c26-19-13-11-18(12-14-19)16-22(29)28-15-5-10-21(28)24-27-20(23(32-24)25(30)31)9-4-8-17-6-2-1-3-7-17/h1-3,6-7,11-14,21H,4-5,8-10,15-16H2,(H,30,31)/t21-/m0/s1. The van der Waals surface area contributed by atoms with Crippen molar-refractivity contribution < 1.29 is 14.7 Å². The van der Waals surface area contributed by atoms with Crippen LogP contribution in [0, 0.1) is 0 Å². The first kappa shape index (κ1) is 22.5. The molecule has 166 valence electrons. The van der Waals surface area contributed by atoms with Crippen LogP contribution in [0.25, 0.3) is 0 Å². The molecule has 0 saturated carbocycles. The van der Waals surface area contributed by atoms with Crippen molar-refractivity contribution in [3.63, 3.8) is 0 Å². The molecule has 1 aliphatic rings. The summed E-state index contributed by atoms with van der Waals surface area (Å²) in [4.78, 5) is 31.7. The van der Waals surface area contributed by atoms with Crippen LogP contribution in [0.1, 0.15) is 56.8 Å². The molecule has 0 radical (unpaired) electrons. The van der Waals surface area contributed by atoms with Crippen LogP contribution in [0.2, 0.25) is 5.02 Å². The maximum Gasteiger partial charge on any atom is 0.347 e. The van der Waals surface area contributed by atoms with E-state index in [0.29, 0.717) is 35.0 Å². The lowest BCUT2D eigenvalue weighted by Gasteiger charge is -2.23. The van der Waals surface area contributed by atoms with Gasteiger partial charge in [-0.25, -0.2) is 9.78 Å². The van der Waals surface area contributed by atoms with Gasteiger partial charge >= 0.3 is 5.97 Å². The number of carbonyl (C=O) groups is 2. The average molecular weight is 469 g/mol. The predicted molar refractivity (Wildman–Crippen MR) is 126 cm³/mol. The molecule has 0 bridgehead atoms. The number of rotatable bonds is 8. The van der Waals surface area contributed by atoms with E-state index in [1.54, 1.807) is 12.1 Å². The molecule has 1 aromatic heterocycles. The Kier molecular flexibility index (Phi) is 7.22. The number of likely N-dealkylation sites (tertiary alicyclic amines) is 1. The molecule has 0 unspecified atom stereocenters. The second-order valence-corrected chi connectivity index (χ2v) is 9.49. The van der Waals surface area contributed by atoms with E-state index in [2.05, 4.69) is 12.1 Å². The third kappa shape index (κ3) is 5.37. The first-order valence-electron chi connectivity index (χ1n) is 10.8. The third-order valence-electron chi connectivity index (χ3n) is 5.76. The molecular weight excluding hydrogens is 444 g/mol. The van der Waals surface area contributed by atoms with Crippen molar-refractivity contribution in [2.45, 2.75) is 44.6 Å². The molecule has 2 heterocycles. The smallest absolute Gasteiger partial charge is 0.347 e. The number of hydrogen-bond donors (Lipinski definition) is 1. The number of carboxylic acids is 1. The molecule has 4 rings (SSSR count). The second-order valence-electron chi connectivity index (χ2n) is 8.02. The number of halogens is 1. The lowest BCUT2D eigenvalue weighted by molar-refractivity contribution is -0.131. The maximum absolute atomic E-state index is 13.0. The number of aryl methyl sites for hydroxylation is 2. The molecule has 1 N–H and O–H groups in total. The molecule has 1 saturated heterocycles. The first-order valence-corrected chi connectivity index (χ1v) is 12.0. The lowest BCUT2D eigenvalue weighted by atomic mass is 10.1. The molecule has 0 spiro atoms. The summed E-state index contributed by atoms with van der Waals surface area (Å²) in [5.41, 5.74) is 2.78. The van der Waals surface area contributed by atoms with Gasteiger partial charge in [-0.1, -0.05) is 54.1 Å². The van der Waals surface area contributed by atoms with E-state index in [1.807, 2.05) is 35.2 Å². The summed E-state index contributed by atoms with van der Waals surface area (Å²) in [6.07, 6.45) is 4.32. The molecule has 1 atom stereocenters. The summed E-state index contributed by atoms with van der Waals surface area (Å²) in [5.74, 6) is -0.909. The van der Waals surface area contributed by atoms with E-state index < -0.39 is 5.97 Å². The fourth-order valence-corrected chi connectivity index (χ4v) is 5.38. The van der Waals surface area contributed by atoms with Gasteiger partial charge in [0.1, 0.15) is 9.88 Å². The first-order chi connectivity index (χ1) is 15.5. The van der Waals surface area contributed by atoms with Crippen LogP contribution in [0.3, 0.4) is 0 Å². The predicted octanol–water partition coefficient (Wildman–Crippen LogP) is 5.58. The second kappa shape index (κ2) is 10.3. The van der Waals surface area contributed by atoms with Crippen molar-refractivity contribution in [1.82, 2.24) is 9.88 Å². The zero-order valence-electron chi connectivity index (χ0n) is 17.7. The number of carbonyl (C=O) groups excluding carboxylic acids is 1. The number of thiazole rings is 1. The maximum atomic E-state index is 13.0. The van der Waals surface area contributed by atoms with Gasteiger partial charge in [0.15, 0.2) is 0 Å². The summed E-state index contributed by atoms with van der Waals surface area (Å²) >= 11 is 7.16. The molecule has 1 aliphatic heterocycles. The minimum absolute atomic E-state index is 0.0347. The number of hydrogen-bond acceptors (Lipinski definition) is 4. The van der Waals surface area contributed by atoms with Gasteiger partial charge in [-0.2, -0.15) is 0 Å². The van der Waals surface area contributed by atoms with E-state index in [0.717, 1.165) is 36.3 Å². The van der Waals surface area contributed by atoms with Gasteiger partial charge in [-0.15, -0.1) is 11.3 Å². The van der Waals surface area contributed by atoms with E-state index in [4.69, 9.17) is 16.6 Å². The van der Waals surface area contributed by atoms with Gasteiger partial charge in [-0.3, -0.25) is 4.79 Å². The fourth-order valence-electron chi connectivity index (χ4n) is 4.15. The van der Waals surface area contributed by atoms with E-state index in [9.17, 15) is 14.7 Å². The molecule has 7 heteroatoms. The van der Waals surface area contributed by atoms with Crippen molar-refractivity contribution in [2.24, 2.45) is 0 Å². The molecule has 2 aromatic carbocycles. The zero-order valence-corrected chi connectivity index (χ0v) is 19.2. The molecular formula is C25H25ClN2O3S. The number of amides is 1. The highest BCUT2D eigenvalue weighted by atomic mass is 35.5. The molecule has 5 nitrogen and oxygen atoms in total. The van der Waals surface area contributed by atoms with E-state index in [-0.39, 0.29) is 11.9 Å². The molecule has 32 heavy (non-hydrogen) atoms. The third-order valence-corrected chi connectivity index (χ3v) is 7.20. The molecule has 0 aliphatic carbocycles. The van der Waals surface area contributed by atoms with Crippen LogP contribution < -0.4 is 0 Å². The Morgan fingerprint density at radius 1 is 1.06 bits per heavy atom. The summed E-state index contributed by atoms with van der Waals surface area (Å²) in [6.45, 7) is 0.669. The lowest BCUT2D eigenvalue weighted by Crippen LogP contribution is -2.31. The number of aromatic nitrogens is 1. The molecule has 1 fully saturated rings. The topological polar surface area (TPSA) is 70.5 Å².